The first-order chi connectivity index (χ1) is 11.9. The standard InChI is InChI=1S/C20H27N3O2/c1-5-8-14-13-17(14)22-16-10-7-6-9-15(16)18-21-11-12-23(18)19(24)25-20(2,3)4/h6-7,9-12,14,17,22H,5,8,13H2,1-4H3. The number of hydrogen-bond donors (Lipinski definition) is 1. The van der Waals surface area contributed by atoms with Crippen LogP contribution in [0.4, 0.5) is 10.5 Å². The summed E-state index contributed by atoms with van der Waals surface area (Å²) >= 11 is 0. The summed E-state index contributed by atoms with van der Waals surface area (Å²) in [5.74, 6) is 1.36. The molecule has 0 aliphatic heterocycles. The predicted octanol–water partition coefficient (Wildman–Crippen LogP) is 4.93. The van der Waals surface area contributed by atoms with Crippen molar-refractivity contribution in [2.24, 2.45) is 5.92 Å². The fourth-order valence-corrected chi connectivity index (χ4v) is 3.08. The van der Waals surface area contributed by atoms with Gasteiger partial charge in [-0.3, -0.25) is 0 Å². The van der Waals surface area contributed by atoms with E-state index in [0.29, 0.717) is 11.9 Å². The van der Waals surface area contributed by atoms with Gasteiger partial charge < -0.3 is 10.1 Å². The second-order valence-corrected chi connectivity index (χ2v) is 7.68. The average molecular weight is 341 g/mol. The summed E-state index contributed by atoms with van der Waals surface area (Å²) < 4.78 is 6.96. The molecule has 1 fully saturated rings. The van der Waals surface area contributed by atoms with E-state index in [1.807, 2.05) is 45.0 Å². The van der Waals surface area contributed by atoms with E-state index in [-0.39, 0.29) is 0 Å². The molecule has 0 saturated heterocycles. The zero-order valence-corrected chi connectivity index (χ0v) is 15.5. The number of hydrogen-bond acceptors (Lipinski definition) is 4. The summed E-state index contributed by atoms with van der Waals surface area (Å²) in [6, 6.07) is 8.52. The molecule has 5 heteroatoms. The van der Waals surface area contributed by atoms with Crippen molar-refractivity contribution in [3.63, 3.8) is 0 Å². The maximum Gasteiger partial charge on any atom is 0.420 e. The Hall–Kier alpha value is -2.30. The van der Waals surface area contributed by atoms with E-state index in [9.17, 15) is 4.79 Å². The van der Waals surface area contributed by atoms with Gasteiger partial charge in [0, 0.05) is 29.7 Å². The van der Waals surface area contributed by atoms with Gasteiger partial charge in [0.15, 0.2) is 5.82 Å². The lowest BCUT2D eigenvalue weighted by Crippen LogP contribution is -2.27. The van der Waals surface area contributed by atoms with Crippen LogP contribution in [0.25, 0.3) is 11.4 Å². The van der Waals surface area contributed by atoms with Gasteiger partial charge in [0.05, 0.1) is 0 Å². The van der Waals surface area contributed by atoms with Gasteiger partial charge in [0.2, 0.25) is 0 Å². The van der Waals surface area contributed by atoms with E-state index < -0.39 is 11.7 Å². The summed E-state index contributed by atoms with van der Waals surface area (Å²) in [6.45, 7) is 7.80. The molecule has 134 valence electrons. The number of carbonyl (C=O) groups excluding carboxylic acids is 1. The van der Waals surface area contributed by atoms with Crippen molar-refractivity contribution >= 4 is 11.8 Å². The SMILES string of the molecule is CCCC1CC1Nc1ccccc1-c1nccn1C(=O)OC(C)(C)C. The normalized spacial score (nSPS) is 19.5. The summed E-state index contributed by atoms with van der Waals surface area (Å²) in [6.07, 6.45) is 6.55. The van der Waals surface area contributed by atoms with Crippen LogP contribution >= 0.6 is 0 Å². The molecule has 1 heterocycles. The Kier molecular flexibility index (Phi) is 4.84. The van der Waals surface area contributed by atoms with Crippen molar-refractivity contribution in [1.82, 2.24) is 9.55 Å². The number of imidazole rings is 1. The van der Waals surface area contributed by atoms with E-state index in [2.05, 4.69) is 17.2 Å². The Balaban J connectivity index is 1.84. The lowest BCUT2D eigenvalue weighted by molar-refractivity contribution is 0.0539. The molecule has 25 heavy (non-hydrogen) atoms. The fraction of sp³-hybridized carbons (Fsp3) is 0.500. The Morgan fingerprint density at radius 2 is 2.12 bits per heavy atom. The quantitative estimate of drug-likeness (QED) is 0.837. The second-order valence-electron chi connectivity index (χ2n) is 7.68. The molecular formula is C20H27N3O2. The molecule has 1 N–H and O–H groups in total. The number of nitrogens with zero attached hydrogens (tertiary/aromatic N) is 2. The maximum atomic E-state index is 12.5. The summed E-state index contributed by atoms with van der Waals surface area (Å²) in [5.41, 5.74) is 1.39. The van der Waals surface area contributed by atoms with Gasteiger partial charge in [-0.1, -0.05) is 25.5 Å². The number of aromatic nitrogens is 2. The van der Waals surface area contributed by atoms with Crippen LogP contribution in [0.1, 0.15) is 47.0 Å². The third-order valence-electron chi connectivity index (χ3n) is 4.32. The van der Waals surface area contributed by atoms with Crippen molar-refractivity contribution in [3.8, 4) is 11.4 Å². The number of carbonyl (C=O) groups is 1. The number of nitrogens with one attached hydrogen (secondary N) is 1. The lowest BCUT2D eigenvalue weighted by atomic mass is 10.1. The van der Waals surface area contributed by atoms with Gasteiger partial charge in [-0.2, -0.15) is 0 Å². The van der Waals surface area contributed by atoms with Crippen LogP contribution in [0.3, 0.4) is 0 Å². The highest BCUT2D eigenvalue weighted by Gasteiger charge is 2.36. The van der Waals surface area contributed by atoms with Crippen molar-refractivity contribution in [2.75, 3.05) is 5.32 Å². The Morgan fingerprint density at radius 1 is 1.36 bits per heavy atom. The molecule has 3 rings (SSSR count). The average Bonchev–Trinajstić information content (AvgIpc) is 3.08. The van der Waals surface area contributed by atoms with Crippen molar-refractivity contribution in [2.45, 2.75) is 58.6 Å². The minimum atomic E-state index is -0.544. The van der Waals surface area contributed by atoms with Crippen LogP contribution in [0.5, 0.6) is 0 Å². The number of ether oxygens (including phenoxy) is 1. The number of benzene rings is 1. The molecule has 1 aromatic carbocycles. The smallest absolute Gasteiger partial charge is 0.420 e. The molecular weight excluding hydrogens is 314 g/mol. The molecule has 0 amide bonds. The third-order valence-corrected chi connectivity index (χ3v) is 4.32. The number of anilines is 1. The van der Waals surface area contributed by atoms with Crippen molar-refractivity contribution < 1.29 is 9.53 Å². The van der Waals surface area contributed by atoms with Crippen LogP contribution in [0.15, 0.2) is 36.7 Å². The molecule has 0 bridgehead atoms. The first kappa shape index (κ1) is 17.5. The summed E-state index contributed by atoms with van der Waals surface area (Å²) in [4.78, 5) is 16.9. The summed E-state index contributed by atoms with van der Waals surface area (Å²) in [7, 11) is 0. The highest BCUT2D eigenvalue weighted by atomic mass is 16.6. The van der Waals surface area contributed by atoms with Gasteiger partial charge in [0.25, 0.3) is 0 Å². The maximum absolute atomic E-state index is 12.5. The van der Waals surface area contributed by atoms with Gasteiger partial charge in [-0.05, 0) is 51.7 Å². The number of para-hydroxylation sites is 1. The van der Waals surface area contributed by atoms with E-state index in [4.69, 9.17) is 4.74 Å². The summed E-state index contributed by atoms with van der Waals surface area (Å²) in [5, 5.41) is 3.62. The number of rotatable bonds is 5. The van der Waals surface area contributed by atoms with Gasteiger partial charge in [-0.15, -0.1) is 0 Å². The third kappa shape index (κ3) is 4.21. The molecule has 2 aromatic rings. The van der Waals surface area contributed by atoms with Crippen molar-refractivity contribution in [1.29, 1.82) is 0 Å². The minimum absolute atomic E-state index is 0.412. The Bertz CT molecular complexity index is 745. The van der Waals surface area contributed by atoms with E-state index in [1.54, 1.807) is 12.4 Å². The van der Waals surface area contributed by atoms with Crippen LogP contribution in [0.2, 0.25) is 0 Å². The predicted molar refractivity (Wildman–Crippen MR) is 99.7 cm³/mol. The zero-order valence-electron chi connectivity index (χ0n) is 15.5. The molecule has 2 unspecified atom stereocenters. The molecule has 1 aliphatic carbocycles. The molecule has 1 aromatic heterocycles. The van der Waals surface area contributed by atoms with E-state index >= 15 is 0 Å². The van der Waals surface area contributed by atoms with Gasteiger partial charge in [-0.25, -0.2) is 14.3 Å². The monoisotopic (exact) mass is 341 g/mol. The van der Waals surface area contributed by atoms with Gasteiger partial charge in [0.1, 0.15) is 5.60 Å². The largest absolute Gasteiger partial charge is 0.443 e. The second kappa shape index (κ2) is 6.90. The highest BCUT2D eigenvalue weighted by molar-refractivity contribution is 5.82. The highest BCUT2D eigenvalue weighted by Crippen LogP contribution is 2.39. The zero-order chi connectivity index (χ0) is 18.0. The molecule has 1 aliphatic rings. The Labute approximate surface area is 149 Å². The van der Waals surface area contributed by atoms with E-state index in [1.165, 1.54) is 23.8 Å². The van der Waals surface area contributed by atoms with Crippen LogP contribution in [-0.2, 0) is 4.74 Å². The Morgan fingerprint density at radius 3 is 2.84 bits per heavy atom. The van der Waals surface area contributed by atoms with Crippen LogP contribution in [-0.4, -0.2) is 27.3 Å². The first-order valence-corrected chi connectivity index (χ1v) is 9.01. The lowest BCUT2D eigenvalue weighted by Gasteiger charge is -2.20. The molecule has 0 radical (unpaired) electrons. The topological polar surface area (TPSA) is 56.2 Å². The van der Waals surface area contributed by atoms with Crippen LogP contribution in [0, 0.1) is 5.92 Å². The molecule has 0 spiro atoms. The minimum Gasteiger partial charge on any atom is -0.443 e. The van der Waals surface area contributed by atoms with Crippen molar-refractivity contribution in [3.05, 3.63) is 36.7 Å². The molecule has 5 nitrogen and oxygen atoms in total. The first-order valence-electron chi connectivity index (χ1n) is 9.01. The fourth-order valence-electron chi connectivity index (χ4n) is 3.08. The van der Waals surface area contributed by atoms with Crippen LogP contribution < -0.4 is 5.32 Å². The molecule has 2 atom stereocenters. The molecule has 1 saturated carbocycles. The van der Waals surface area contributed by atoms with Gasteiger partial charge >= 0.3 is 6.09 Å². The van der Waals surface area contributed by atoms with E-state index in [0.717, 1.165) is 17.2 Å².